The van der Waals surface area contributed by atoms with Gasteiger partial charge in [-0.1, -0.05) is 24.3 Å². The molecule has 150 valence electrons. The highest BCUT2D eigenvalue weighted by atomic mass is 16.5. The number of carbonyl (C=O) groups excluding carboxylic acids is 1. The number of hydrogen-bond acceptors (Lipinski definition) is 6. The number of carbonyl (C=O) groups is 1. The zero-order valence-corrected chi connectivity index (χ0v) is 16.3. The third-order valence-corrected chi connectivity index (χ3v) is 4.54. The minimum Gasteiger partial charge on any atom is -0.489 e. The molecule has 0 aliphatic heterocycles. The lowest BCUT2D eigenvalue weighted by Crippen LogP contribution is -2.29. The molecule has 0 fully saturated rings. The van der Waals surface area contributed by atoms with E-state index >= 15 is 0 Å². The van der Waals surface area contributed by atoms with Gasteiger partial charge in [-0.05, 0) is 32.3 Å². The molecule has 0 saturated heterocycles. The number of benzene rings is 2. The van der Waals surface area contributed by atoms with Crippen molar-refractivity contribution >= 4 is 27.9 Å². The van der Waals surface area contributed by atoms with Crippen molar-refractivity contribution in [3.8, 4) is 5.75 Å². The van der Waals surface area contributed by atoms with Crippen molar-refractivity contribution in [1.82, 2.24) is 19.9 Å². The molecule has 4 aromatic rings. The molecule has 4 rings (SSSR count). The van der Waals surface area contributed by atoms with Crippen molar-refractivity contribution in [2.24, 2.45) is 0 Å². The van der Waals surface area contributed by atoms with Gasteiger partial charge < -0.3 is 24.6 Å². The first-order valence-corrected chi connectivity index (χ1v) is 9.26. The highest BCUT2D eigenvalue weighted by Crippen LogP contribution is 2.27. The molecule has 8 nitrogen and oxygen atoms in total. The van der Waals surface area contributed by atoms with Crippen LogP contribution in [0.15, 0.2) is 53.2 Å². The van der Waals surface area contributed by atoms with Crippen LogP contribution >= 0.6 is 0 Å². The van der Waals surface area contributed by atoms with E-state index in [4.69, 9.17) is 9.15 Å². The van der Waals surface area contributed by atoms with Gasteiger partial charge in [0.05, 0.1) is 6.54 Å². The van der Waals surface area contributed by atoms with E-state index in [9.17, 15) is 10.0 Å². The van der Waals surface area contributed by atoms with Gasteiger partial charge >= 0.3 is 0 Å². The Morgan fingerprint density at radius 3 is 2.90 bits per heavy atom. The number of hydrogen-bond donors (Lipinski definition) is 2. The fourth-order valence-corrected chi connectivity index (χ4v) is 3.28. The van der Waals surface area contributed by atoms with Gasteiger partial charge in [-0.25, -0.2) is 4.98 Å². The van der Waals surface area contributed by atoms with Crippen molar-refractivity contribution in [2.75, 3.05) is 27.2 Å². The van der Waals surface area contributed by atoms with Crippen LogP contribution in [0.2, 0.25) is 0 Å². The van der Waals surface area contributed by atoms with E-state index in [1.54, 1.807) is 18.2 Å². The van der Waals surface area contributed by atoms with E-state index < -0.39 is 0 Å². The molecular formula is C21H22N4O4. The topological polar surface area (TPSA) is 92.8 Å². The molecule has 0 atom stereocenters. The minimum atomic E-state index is -0.278. The maximum absolute atomic E-state index is 12.7. The van der Waals surface area contributed by atoms with Crippen molar-refractivity contribution in [1.29, 1.82) is 0 Å². The molecule has 0 radical (unpaired) electrons. The third kappa shape index (κ3) is 3.74. The minimum absolute atomic E-state index is 0.256. The molecule has 2 N–H and O–H groups in total. The Morgan fingerprint density at radius 1 is 1.24 bits per heavy atom. The summed E-state index contributed by atoms with van der Waals surface area (Å²) >= 11 is 0. The van der Waals surface area contributed by atoms with Crippen molar-refractivity contribution in [2.45, 2.75) is 6.54 Å². The summed E-state index contributed by atoms with van der Waals surface area (Å²) in [5, 5.41) is 13.5. The molecule has 29 heavy (non-hydrogen) atoms. The van der Waals surface area contributed by atoms with Gasteiger partial charge in [0.25, 0.3) is 5.91 Å². The number of furan rings is 1. The van der Waals surface area contributed by atoms with E-state index in [1.807, 2.05) is 43.3 Å². The molecule has 2 aromatic heterocycles. The first-order chi connectivity index (χ1) is 14.0. The quantitative estimate of drug-likeness (QED) is 0.370. The first kappa shape index (κ1) is 18.8. The third-order valence-electron chi connectivity index (χ3n) is 4.54. The number of aromatic nitrogens is 2. The van der Waals surface area contributed by atoms with Crippen LogP contribution < -0.4 is 10.1 Å². The van der Waals surface area contributed by atoms with Gasteiger partial charge in [0.15, 0.2) is 5.76 Å². The molecule has 0 spiro atoms. The highest BCUT2D eigenvalue weighted by Gasteiger charge is 2.20. The second-order valence-corrected chi connectivity index (χ2v) is 6.96. The van der Waals surface area contributed by atoms with E-state index in [-0.39, 0.29) is 12.5 Å². The Morgan fingerprint density at radius 2 is 2.07 bits per heavy atom. The summed E-state index contributed by atoms with van der Waals surface area (Å²) in [6.45, 7) is 1.15. The van der Waals surface area contributed by atoms with Crippen molar-refractivity contribution in [3.63, 3.8) is 0 Å². The largest absolute Gasteiger partial charge is 0.489 e. The SMILES string of the molecule is CN(C)Cc1c(C(=O)NCCOc2cccc3c2ncn3O)oc2ccccc12. The summed E-state index contributed by atoms with van der Waals surface area (Å²) in [5.74, 6) is 0.585. The summed E-state index contributed by atoms with van der Waals surface area (Å²) in [6.07, 6.45) is 1.31. The smallest absolute Gasteiger partial charge is 0.287 e. The molecule has 8 heteroatoms. The van der Waals surface area contributed by atoms with Crippen LogP contribution in [0.5, 0.6) is 5.75 Å². The number of amides is 1. The molecule has 1 amide bonds. The highest BCUT2D eigenvalue weighted by molar-refractivity contribution is 5.99. The number of nitrogens with zero attached hydrogens (tertiary/aromatic N) is 3. The van der Waals surface area contributed by atoms with Crippen molar-refractivity contribution in [3.05, 3.63) is 60.1 Å². The number of nitrogens with one attached hydrogen (secondary N) is 1. The van der Waals surface area contributed by atoms with Crippen LogP contribution in [0.3, 0.4) is 0 Å². The standard InChI is InChI=1S/C21H22N4O4/c1-24(2)12-15-14-6-3-4-8-17(14)29-20(15)21(26)22-10-11-28-18-9-5-7-16-19(18)23-13-25(16)27/h3-9,13,27H,10-12H2,1-2H3,(H,22,26). The van der Waals surface area contributed by atoms with Crippen LogP contribution in [-0.4, -0.2) is 53.0 Å². The summed E-state index contributed by atoms with van der Waals surface area (Å²) in [7, 11) is 3.90. The predicted octanol–water partition coefficient (Wildman–Crippen LogP) is 2.89. The van der Waals surface area contributed by atoms with Gasteiger partial charge in [-0.2, -0.15) is 4.73 Å². The molecule has 2 heterocycles. The van der Waals surface area contributed by atoms with E-state index in [0.717, 1.165) is 15.7 Å². The number of para-hydroxylation sites is 2. The zero-order valence-electron chi connectivity index (χ0n) is 16.3. The van der Waals surface area contributed by atoms with Gasteiger partial charge in [-0.15, -0.1) is 0 Å². The number of ether oxygens (including phenoxy) is 1. The lowest BCUT2D eigenvalue weighted by Gasteiger charge is -2.11. The normalized spacial score (nSPS) is 11.4. The molecule has 0 aliphatic rings. The Kier molecular flexibility index (Phi) is 5.09. The summed E-state index contributed by atoms with van der Waals surface area (Å²) in [5.41, 5.74) is 2.67. The predicted molar refractivity (Wildman–Crippen MR) is 108 cm³/mol. The molecule has 0 unspecified atom stereocenters. The second kappa shape index (κ2) is 7.84. The molecule has 0 aliphatic carbocycles. The average molecular weight is 394 g/mol. The van der Waals surface area contributed by atoms with Crippen LogP contribution in [-0.2, 0) is 6.54 Å². The lowest BCUT2D eigenvalue weighted by molar-refractivity contribution is 0.0919. The average Bonchev–Trinajstić information content (AvgIpc) is 3.26. The number of imidazole rings is 1. The Hall–Kier alpha value is -3.52. The van der Waals surface area contributed by atoms with Crippen LogP contribution in [0, 0.1) is 0 Å². The van der Waals surface area contributed by atoms with E-state index in [1.165, 1.54) is 6.33 Å². The molecule has 0 bridgehead atoms. The zero-order chi connectivity index (χ0) is 20.4. The number of fused-ring (bicyclic) bond motifs is 2. The Labute approximate surface area is 167 Å². The van der Waals surface area contributed by atoms with E-state index in [2.05, 4.69) is 10.3 Å². The number of rotatable bonds is 7. The molecule has 0 saturated carbocycles. The maximum atomic E-state index is 12.7. The fraction of sp³-hybridized carbons (Fsp3) is 0.238. The van der Waals surface area contributed by atoms with Crippen molar-refractivity contribution < 1.29 is 19.2 Å². The Bertz CT molecular complexity index is 1160. The summed E-state index contributed by atoms with van der Waals surface area (Å²) in [4.78, 5) is 18.8. The van der Waals surface area contributed by atoms with Crippen LogP contribution in [0.1, 0.15) is 16.1 Å². The monoisotopic (exact) mass is 394 g/mol. The summed E-state index contributed by atoms with van der Waals surface area (Å²) in [6, 6.07) is 12.9. The Balaban J connectivity index is 1.43. The molecule has 2 aromatic carbocycles. The van der Waals surface area contributed by atoms with Gasteiger partial charge in [0, 0.05) is 17.5 Å². The lowest BCUT2D eigenvalue weighted by atomic mass is 10.1. The fourth-order valence-electron chi connectivity index (χ4n) is 3.28. The first-order valence-electron chi connectivity index (χ1n) is 9.26. The maximum Gasteiger partial charge on any atom is 0.287 e. The van der Waals surface area contributed by atoms with Gasteiger partial charge in [0.2, 0.25) is 0 Å². The second-order valence-electron chi connectivity index (χ2n) is 6.96. The van der Waals surface area contributed by atoms with Crippen LogP contribution in [0.4, 0.5) is 0 Å². The van der Waals surface area contributed by atoms with Gasteiger partial charge in [-0.3, -0.25) is 4.79 Å². The summed E-state index contributed by atoms with van der Waals surface area (Å²) < 4.78 is 12.5. The molecular weight excluding hydrogens is 372 g/mol. The van der Waals surface area contributed by atoms with E-state index in [0.29, 0.717) is 41.2 Å². The van der Waals surface area contributed by atoms with Gasteiger partial charge in [0.1, 0.15) is 35.3 Å². The van der Waals surface area contributed by atoms with Crippen LogP contribution in [0.25, 0.3) is 22.0 Å².